The molecule has 12 heteroatoms. The average Bonchev–Trinajstić information content (AvgIpc) is 3.39. The molecule has 2 heterocycles. The number of rotatable bonds is 0. The number of nitrogens with zero attached hydrogens (tertiary/aromatic N) is 3. The number of thiol groups is 1. The molecular weight excluding hydrogens is 573 g/mol. The first-order valence-electron chi connectivity index (χ1n) is 11.4. The third kappa shape index (κ3) is 8.39. The Hall–Kier alpha value is -3.25. The number of aromatic nitrogens is 2. The van der Waals surface area contributed by atoms with E-state index < -0.39 is 23.4 Å². The molecule has 0 bridgehead atoms. The van der Waals surface area contributed by atoms with Crippen LogP contribution < -0.4 is 0 Å². The van der Waals surface area contributed by atoms with E-state index in [1.54, 1.807) is 48.8 Å². The van der Waals surface area contributed by atoms with E-state index in [0.717, 1.165) is 16.3 Å². The molecule has 0 saturated carbocycles. The summed E-state index contributed by atoms with van der Waals surface area (Å²) in [7, 11) is 4.34. The molecule has 0 amide bonds. The number of carbonyl (C=O) groups is 2. The van der Waals surface area contributed by atoms with Crippen LogP contribution in [0, 0.1) is 0 Å². The third-order valence-electron chi connectivity index (χ3n) is 4.64. The SMILES string of the molecule is CC(C)(C)OC(=O)n1ccc2c(Br)c(O)ccc21.CC(C)(C)OC(=O)n1ccc2cc(O)ccc21.[B]=NS. The van der Waals surface area contributed by atoms with Gasteiger partial charge in [-0.15, -0.1) is 0 Å². The molecule has 0 spiro atoms. The predicted octanol–water partition coefficient (Wildman–Crippen LogP) is 7.21. The summed E-state index contributed by atoms with van der Waals surface area (Å²) in [5, 5.41) is 20.5. The first kappa shape index (κ1) is 31.0. The van der Waals surface area contributed by atoms with Gasteiger partial charge in [0.1, 0.15) is 22.7 Å². The molecule has 38 heavy (non-hydrogen) atoms. The summed E-state index contributed by atoms with van der Waals surface area (Å²) in [5.41, 5.74) is 0.345. The fourth-order valence-electron chi connectivity index (χ4n) is 3.24. The van der Waals surface area contributed by atoms with Crippen molar-refractivity contribution in [2.24, 2.45) is 4.30 Å². The van der Waals surface area contributed by atoms with E-state index in [-0.39, 0.29) is 11.5 Å². The van der Waals surface area contributed by atoms with E-state index in [1.807, 2.05) is 41.5 Å². The molecule has 4 rings (SSSR count). The summed E-state index contributed by atoms with van der Waals surface area (Å²) in [6.07, 6.45) is 2.41. The molecule has 0 atom stereocenters. The van der Waals surface area contributed by atoms with Gasteiger partial charge in [0.25, 0.3) is 0 Å². The van der Waals surface area contributed by atoms with Crippen molar-refractivity contribution < 1.29 is 29.3 Å². The van der Waals surface area contributed by atoms with Gasteiger partial charge in [0.05, 0.1) is 15.5 Å². The molecule has 0 aliphatic rings. The Bertz CT molecular complexity index is 1450. The second kappa shape index (κ2) is 12.5. The van der Waals surface area contributed by atoms with Gasteiger partial charge in [-0.1, -0.05) is 0 Å². The Morgan fingerprint density at radius 1 is 0.868 bits per heavy atom. The van der Waals surface area contributed by atoms with Crippen molar-refractivity contribution in [1.29, 1.82) is 0 Å². The van der Waals surface area contributed by atoms with Gasteiger partial charge in [0.15, 0.2) is 0 Å². The standard InChI is InChI=1S/C13H14BrNO3.C13H15NO3.BHNS/c1-13(2,3)18-12(17)15-7-6-8-9(15)4-5-10(16)11(8)14;1-13(2,3)17-12(16)14-7-6-9-8-10(15)4-5-11(9)14;1-2-3/h4-7,16H,1-3H3;4-8,15H,1-3H3;3H. The Morgan fingerprint density at radius 3 is 1.87 bits per heavy atom. The number of aromatic hydroxyl groups is 2. The normalized spacial score (nSPS) is 11.1. The predicted molar refractivity (Wildman–Crippen MR) is 155 cm³/mol. The first-order chi connectivity index (χ1) is 17.6. The van der Waals surface area contributed by atoms with Crippen molar-refractivity contribution in [3.8, 4) is 11.5 Å². The van der Waals surface area contributed by atoms with E-state index in [9.17, 15) is 19.8 Å². The molecule has 0 fully saturated rings. The number of hydrogen-bond donors (Lipinski definition) is 3. The van der Waals surface area contributed by atoms with Crippen molar-refractivity contribution in [2.45, 2.75) is 52.7 Å². The summed E-state index contributed by atoms with van der Waals surface area (Å²) < 4.78 is 16.7. The molecule has 0 saturated heterocycles. The number of fused-ring (bicyclic) bond motifs is 2. The van der Waals surface area contributed by atoms with Gasteiger partial charge in [0, 0.05) is 23.2 Å². The van der Waals surface area contributed by atoms with Crippen LogP contribution in [0.3, 0.4) is 0 Å². The second-order valence-electron chi connectivity index (χ2n) is 10.0. The molecule has 2 aromatic carbocycles. The maximum absolute atomic E-state index is 12.0. The van der Waals surface area contributed by atoms with Crippen LogP contribution in [0.5, 0.6) is 11.5 Å². The molecule has 0 aliphatic heterocycles. The zero-order valence-corrected chi connectivity index (χ0v) is 24.4. The monoisotopic (exact) mass is 602 g/mol. The van der Waals surface area contributed by atoms with Crippen molar-refractivity contribution in [3.05, 3.63) is 59.3 Å². The van der Waals surface area contributed by atoms with Gasteiger partial charge in [0.2, 0.25) is 0 Å². The van der Waals surface area contributed by atoms with E-state index in [0.29, 0.717) is 9.99 Å². The van der Waals surface area contributed by atoms with Crippen LogP contribution in [-0.2, 0) is 9.47 Å². The summed E-state index contributed by atoms with van der Waals surface area (Å²) in [4.78, 5) is 23.9. The van der Waals surface area contributed by atoms with Crippen molar-refractivity contribution in [3.63, 3.8) is 0 Å². The molecule has 2 aromatic heterocycles. The molecular formula is C26H30BBrN3O6S. The zero-order chi connectivity index (χ0) is 28.8. The molecule has 9 nitrogen and oxygen atoms in total. The minimum atomic E-state index is -0.540. The van der Waals surface area contributed by atoms with E-state index in [4.69, 9.17) is 9.47 Å². The fraction of sp³-hybridized carbons (Fsp3) is 0.308. The Morgan fingerprint density at radius 2 is 1.34 bits per heavy atom. The Balaban J connectivity index is 0.000000242. The number of ether oxygens (including phenoxy) is 2. The fourth-order valence-corrected chi connectivity index (χ4v) is 3.71. The van der Waals surface area contributed by atoms with Gasteiger partial charge in [-0.05, 0) is 99.9 Å². The van der Waals surface area contributed by atoms with Gasteiger partial charge in [-0.3, -0.25) is 9.13 Å². The minimum absolute atomic E-state index is 0.143. The summed E-state index contributed by atoms with van der Waals surface area (Å²) in [5.74, 6) is 0.323. The zero-order valence-electron chi connectivity index (χ0n) is 22.0. The van der Waals surface area contributed by atoms with Crippen molar-refractivity contribution in [2.75, 3.05) is 0 Å². The Labute approximate surface area is 236 Å². The molecule has 201 valence electrons. The topological polar surface area (TPSA) is 115 Å². The van der Waals surface area contributed by atoms with Crippen LogP contribution in [0.4, 0.5) is 9.59 Å². The number of phenolic OH excluding ortho intramolecular Hbond substituents is 2. The summed E-state index contributed by atoms with van der Waals surface area (Å²) >= 11 is 6.48. The molecule has 4 aromatic rings. The molecule has 0 unspecified atom stereocenters. The van der Waals surface area contributed by atoms with Crippen LogP contribution in [0.15, 0.2) is 63.6 Å². The average molecular weight is 603 g/mol. The van der Waals surface area contributed by atoms with E-state index in [2.05, 4.69) is 40.7 Å². The number of benzene rings is 2. The number of hydrogen-bond acceptors (Lipinski definition) is 8. The van der Waals surface area contributed by atoms with Crippen LogP contribution in [0.25, 0.3) is 21.8 Å². The first-order valence-corrected chi connectivity index (χ1v) is 12.6. The maximum atomic E-state index is 12.0. The van der Waals surface area contributed by atoms with E-state index >= 15 is 0 Å². The van der Waals surface area contributed by atoms with Gasteiger partial charge < -0.3 is 19.7 Å². The van der Waals surface area contributed by atoms with Crippen LogP contribution in [0.2, 0.25) is 0 Å². The quantitative estimate of drug-likeness (QED) is 0.145. The number of halogens is 1. The van der Waals surface area contributed by atoms with Gasteiger partial charge in [-0.25, -0.2) is 9.59 Å². The molecule has 0 aliphatic carbocycles. The third-order valence-corrected chi connectivity index (χ3v) is 5.47. The molecule has 2 N–H and O–H groups in total. The van der Waals surface area contributed by atoms with Crippen LogP contribution in [0.1, 0.15) is 41.5 Å². The van der Waals surface area contributed by atoms with Crippen molar-refractivity contribution >= 4 is 70.4 Å². The summed E-state index contributed by atoms with van der Waals surface area (Å²) in [6.45, 7) is 10.9. The van der Waals surface area contributed by atoms with Crippen molar-refractivity contribution in [1.82, 2.24) is 9.13 Å². The van der Waals surface area contributed by atoms with E-state index in [1.165, 1.54) is 15.2 Å². The van der Waals surface area contributed by atoms with Gasteiger partial charge in [-0.2, -0.15) is 0 Å². The number of carbonyl (C=O) groups excluding carboxylic acids is 2. The van der Waals surface area contributed by atoms with Crippen LogP contribution in [-0.4, -0.2) is 50.4 Å². The second-order valence-corrected chi connectivity index (χ2v) is 11.0. The molecule has 1 radical (unpaired) electrons. The Kier molecular flexibility index (Phi) is 10.2. The van der Waals surface area contributed by atoms with Crippen LogP contribution >= 0.6 is 28.7 Å². The van der Waals surface area contributed by atoms with Gasteiger partial charge >= 0.3 is 36.9 Å². The summed E-state index contributed by atoms with van der Waals surface area (Å²) in [6, 6.07) is 11.6. The number of phenols is 2.